The van der Waals surface area contributed by atoms with E-state index >= 15 is 0 Å². The molecule has 7 nitrogen and oxygen atoms in total. The molecule has 2 amide bonds. The number of nitrogens with zero attached hydrogens (tertiary/aromatic N) is 1. The molecule has 3 aromatic carbocycles. The Morgan fingerprint density at radius 1 is 1.00 bits per heavy atom. The second-order valence-corrected chi connectivity index (χ2v) is 8.64. The molecule has 174 valence electrons. The first kappa shape index (κ1) is 22.1. The van der Waals surface area contributed by atoms with Gasteiger partial charge in [-0.25, -0.2) is 0 Å². The summed E-state index contributed by atoms with van der Waals surface area (Å²) in [5.74, 6) is 0.186. The zero-order valence-corrected chi connectivity index (χ0v) is 19.0. The van der Waals surface area contributed by atoms with Gasteiger partial charge in [0.1, 0.15) is 5.75 Å². The number of likely N-dealkylation sites (tertiary alicyclic amines) is 1. The predicted molar refractivity (Wildman–Crippen MR) is 131 cm³/mol. The number of methoxy groups -OCH3 is 1. The van der Waals surface area contributed by atoms with Crippen LogP contribution < -0.4 is 15.4 Å². The number of morpholine rings is 1. The Hall–Kier alpha value is -3.68. The molecule has 0 aliphatic carbocycles. The van der Waals surface area contributed by atoms with Crippen LogP contribution in [-0.4, -0.2) is 55.7 Å². The molecular formula is C27H27N3O4. The SMILES string of the molecule is COc1ccc(NC(=O)c2ccc(-c3ccccc3)cc2)cc1NC(=O)CN1CC2CC1CO2. The molecule has 0 aromatic heterocycles. The molecule has 2 heterocycles. The third-order valence-electron chi connectivity index (χ3n) is 6.35. The van der Waals surface area contributed by atoms with Crippen LogP contribution in [0.2, 0.25) is 0 Å². The number of benzene rings is 3. The van der Waals surface area contributed by atoms with Crippen molar-refractivity contribution in [2.45, 2.75) is 18.6 Å². The molecule has 7 heteroatoms. The number of anilines is 2. The molecule has 0 saturated carbocycles. The highest BCUT2D eigenvalue weighted by molar-refractivity contribution is 6.05. The van der Waals surface area contributed by atoms with Crippen LogP contribution in [0.5, 0.6) is 5.75 Å². The Labute approximate surface area is 198 Å². The lowest BCUT2D eigenvalue weighted by Gasteiger charge is -2.26. The van der Waals surface area contributed by atoms with E-state index in [0.717, 1.165) is 24.1 Å². The Balaban J connectivity index is 1.24. The van der Waals surface area contributed by atoms with Crippen molar-refractivity contribution in [1.29, 1.82) is 0 Å². The zero-order chi connectivity index (χ0) is 23.5. The van der Waals surface area contributed by atoms with E-state index in [4.69, 9.17) is 9.47 Å². The average molecular weight is 458 g/mol. The maximum atomic E-state index is 12.8. The van der Waals surface area contributed by atoms with E-state index in [-0.39, 0.29) is 17.9 Å². The first-order valence-corrected chi connectivity index (χ1v) is 11.4. The number of carbonyl (C=O) groups excluding carboxylic acids is 2. The minimum Gasteiger partial charge on any atom is -0.495 e. The van der Waals surface area contributed by atoms with Gasteiger partial charge in [0.2, 0.25) is 5.91 Å². The summed E-state index contributed by atoms with van der Waals surface area (Å²) in [7, 11) is 1.55. The van der Waals surface area contributed by atoms with Crippen LogP contribution in [0.25, 0.3) is 11.1 Å². The molecule has 5 rings (SSSR count). The number of carbonyl (C=O) groups is 2. The van der Waals surface area contributed by atoms with E-state index in [1.54, 1.807) is 37.4 Å². The maximum absolute atomic E-state index is 12.8. The first-order chi connectivity index (χ1) is 16.6. The number of hydrogen-bond donors (Lipinski definition) is 2. The van der Waals surface area contributed by atoms with Crippen LogP contribution in [-0.2, 0) is 9.53 Å². The van der Waals surface area contributed by atoms with Gasteiger partial charge in [0.05, 0.1) is 32.1 Å². The first-order valence-electron chi connectivity index (χ1n) is 11.4. The average Bonchev–Trinajstić information content (AvgIpc) is 3.48. The second kappa shape index (κ2) is 9.67. The summed E-state index contributed by atoms with van der Waals surface area (Å²) in [4.78, 5) is 27.6. The Morgan fingerprint density at radius 3 is 2.44 bits per heavy atom. The van der Waals surface area contributed by atoms with Crippen LogP contribution >= 0.6 is 0 Å². The molecule has 2 aliphatic heterocycles. The molecular weight excluding hydrogens is 430 g/mol. The molecule has 34 heavy (non-hydrogen) atoms. The summed E-state index contributed by atoms with van der Waals surface area (Å²) in [6, 6.07) is 23.0. The van der Waals surface area contributed by atoms with Gasteiger partial charge in [-0.05, 0) is 47.9 Å². The lowest BCUT2D eigenvalue weighted by molar-refractivity contribution is -0.118. The molecule has 2 atom stereocenters. The van der Waals surface area contributed by atoms with Crippen molar-refractivity contribution in [3.05, 3.63) is 78.4 Å². The Bertz CT molecular complexity index is 1180. The van der Waals surface area contributed by atoms with Gasteiger partial charge >= 0.3 is 0 Å². The maximum Gasteiger partial charge on any atom is 0.255 e. The van der Waals surface area contributed by atoms with E-state index in [9.17, 15) is 9.59 Å². The number of hydrogen-bond acceptors (Lipinski definition) is 5. The van der Waals surface area contributed by atoms with Gasteiger partial charge in [-0.1, -0.05) is 42.5 Å². The van der Waals surface area contributed by atoms with Crippen LogP contribution in [0.15, 0.2) is 72.8 Å². The highest BCUT2D eigenvalue weighted by Gasteiger charge is 2.39. The van der Waals surface area contributed by atoms with Crippen LogP contribution in [0, 0.1) is 0 Å². The van der Waals surface area contributed by atoms with Crippen molar-refractivity contribution in [3.63, 3.8) is 0 Å². The van der Waals surface area contributed by atoms with E-state index in [1.165, 1.54) is 0 Å². The number of fused-ring (bicyclic) bond motifs is 2. The summed E-state index contributed by atoms with van der Waals surface area (Å²) in [5, 5.41) is 5.83. The smallest absolute Gasteiger partial charge is 0.255 e. The summed E-state index contributed by atoms with van der Waals surface area (Å²) < 4.78 is 11.0. The standard InChI is InChI=1S/C27H27N3O4/c1-33-25-12-11-21(13-24(25)29-26(31)16-30-15-23-14-22(30)17-34-23)28-27(32)20-9-7-19(8-10-20)18-5-3-2-4-6-18/h2-13,22-23H,14-17H2,1H3,(H,28,32)(H,29,31). The molecule has 2 bridgehead atoms. The van der Waals surface area contributed by atoms with Crippen molar-refractivity contribution in [2.75, 3.05) is 37.4 Å². The normalized spacial score (nSPS) is 19.1. The van der Waals surface area contributed by atoms with E-state index < -0.39 is 0 Å². The number of amides is 2. The fourth-order valence-electron chi connectivity index (χ4n) is 4.58. The third-order valence-corrected chi connectivity index (χ3v) is 6.35. The monoisotopic (exact) mass is 457 g/mol. The molecule has 2 saturated heterocycles. The van der Waals surface area contributed by atoms with E-state index in [2.05, 4.69) is 15.5 Å². The largest absolute Gasteiger partial charge is 0.495 e. The van der Waals surface area contributed by atoms with Crippen LogP contribution in [0.4, 0.5) is 11.4 Å². The summed E-state index contributed by atoms with van der Waals surface area (Å²) >= 11 is 0. The molecule has 2 N–H and O–H groups in total. The topological polar surface area (TPSA) is 79.9 Å². The highest BCUT2D eigenvalue weighted by Crippen LogP contribution is 2.30. The molecule has 2 fully saturated rings. The van der Waals surface area contributed by atoms with Crippen molar-refractivity contribution in [3.8, 4) is 16.9 Å². The molecule has 2 unspecified atom stereocenters. The Kier molecular flexibility index (Phi) is 6.29. The molecule has 3 aromatic rings. The van der Waals surface area contributed by atoms with Crippen molar-refractivity contribution in [2.24, 2.45) is 0 Å². The second-order valence-electron chi connectivity index (χ2n) is 8.64. The van der Waals surface area contributed by atoms with E-state index in [0.29, 0.717) is 41.9 Å². The zero-order valence-electron chi connectivity index (χ0n) is 19.0. The highest BCUT2D eigenvalue weighted by atomic mass is 16.5. The van der Waals surface area contributed by atoms with Crippen molar-refractivity contribution < 1.29 is 19.1 Å². The van der Waals surface area contributed by atoms with Gasteiger partial charge in [0.15, 0.2) is 0 Å². The fourth-order valence-corrected chi connectivity index (χ4v) is 4.58. The lowest BCUT2D eigenvalue weighted by atomic mass is 10.0. The molecule has 0 radical (unpaired) electrons. The van der Waals surface area contributed by atoms with Gasteiger partial charge in [0, 0.05) is 23.8 Å². The van der Waals surface area contributed by atoms with Gasteiger partial charge in [-0.3, -0.25) is 14.5 Å². The van der Waals surface area contributed by atoms with Gasteiger partial charge < -0.3 is 20.1 Å². The van der Waals surface area contributed by atoms with E-state index in [1.807, 2.05) is 42.5 Å². The summed E-state index contributed by atoms with van der Waals surface area (Å²) in [6.45, 7) is 1.78. The summed E-state index contributed by atoms with van der Waals surface area (Å²) in [5.41, 5.74) is 3.78. The predicted octanol–water partition coefficient (Wildman–Crippen LogP) is 4.03. The van der Waals surface area contributed by atoms with Gasteiger partial charge in [-0.15, -0.1) is 0 Å². The minimum absolute atomic E-state index is 0.120. The van der Waals surface area contributed by atoms with Gasteiger partial charge in [0.25, 0.3) is 5.91 Å². The van der Waals surface area contributed by atoms with Crippen molar-refractivity contribution in [1.82, 2.24) is 4.90 Å². The lowest BCUT2D eigenvalue weighted by Crippen LogP contribution is -2.41. The fraction of sp³-hybridized carbons (Fsp3) is 0.259. The molecule has 0 spiro atoms. The quantitative estimate of drug-likeness (QED) is 0.560. The number of nitrogens with one attached hydrogen (secondary N) is 2. The van der Waals surface area contributed by atoms with Crippen molar-refractivity contribution >= 4 is 23.2 Å². The Morgan fingerprint density at radius 2 is 1.76 bits per heavy atom. The van der Waals surface area contributed by atoms with Crippen LogP contribution in [0.3, 0.4) is 0 Å². The summed E-state index contributed by atoms with van der Waals surface area (Å²) in [6.07, 6.45) is 1.23. The molecule has 2 aliphatic rings. The van der Waals surface area contributed by atoms with Crippen LogP contribution in [0.1, 0.15) is 16.8 Å². The third kappa shape index (κ3) is 4.81. The minimum atomic E-state index is -0.227. The number of rotatable bonds is 7. The van der Waals surface area contributed by atoms with Gasteiger partial charge in [-0.2, -0.15) is 0 Å². The number of ether oxygens (including phenoxy) is 2.